The number of benzene rings is 2. The molecule has 2 amide bonds. The van der Waals surface area contributed by atoms with E-state index in [1.54, 1.807) is 12.1 Å². The average molecular weight is 394 g/mol. The minimum Gasteiger partial charge on any atom is -0.378 e. The van der Waals surface area contributed by atoms with Crippen molar-refractivity contribution in [3.63, 3.8) is 0 Å². The Labute approximate surface area is 166 Å². The normalized spacial score (nSPS) is 17.1. The lowest BCUT2D eigenvalue weighted by molar-refractivity contribution is -0.384. The maximum Gasteiger partial charge on any atom is 0.284 e. The Morgan fingerprint density at radius 2 is 1.59 bits per heavy atom. The first-order valence-corrected chi connectivity index (χ1v) is 9.08. The van der Waals surface area contributed by atoms with E-state index in [2.05, 4.69) is 5.32 Å². The number of amides is 2. The SMILES string of the molecule is O=C1C(Nc2ccccc2)=C(N2CCOCC2)C(=O)N1c1ccc([N+](=O)[O-])cc1. The van der Waals surface area contributed by atoms with Crippen LogP contribution < -0.4 is 10.2 Å². The van der Waals surface area contributed by atoms with Crippen molar-refractivity contribution in [1.29, 1.82) is 0 Å². The molecule has 148 valence electrons. The van der Waals surface area contributed by atoms with Crippen LogP contribution in [0.15, 0.2) is 66.0 Å². The van der Waals surface area contributed by atoms with Crippen LogP contribution >= 0.6 is 0 Å². The number of nitro benzene ring substituents is 1. The molecule has 9 nitrogen and oxygen atoms in total. The van der Waals surface area contributed by atoms with Crippen LogP contribution in [-0.4, -0.2) is 47.9 Å². The number of rotatable bonds is 5. The Morgan fingerprint density at radius 3 is 2.21 bits per heavy atom. The molecular formula is C20H18N4O5. The second-order valence-corrected chi connectivity index (χ2v) is 6.53. The fourth-order valence-electron chi connectivity index (χ4n) is 3.33. The predicted molar refractivity (Wildman–Crippen MR) is 105 cm³/mol. The molecule has 0 unspecified atom stereocenters. The van der Waals surface area contributed by atoms with Crippen LogP contribution in [0.5, 0.6) is 0 Å². The van der Waals surface area contributed by atoms with Gasteiger partial charge in [-0.3, -0.25) is 19.7 Å². The monoisotopic (exact) mass is 394 g/mol. The van der Waals surface area contributed by atoms with Crippen molar-refractivity contribution in [1.82, 2.24) is 4.90 Å². The van der Waals surface area contributed by atoms with Gasteiger partial charge in [-0.25, -0.2) is 4.90 Å². The first kappa shape index (κ1) is 18.6. The van der Waals surface area contributed by atoms with Gasteiger partial charge in [-0.15, -0.1) is 0 Å². The molecule has 1 fully saturated rings. The molecule has 0 saturated carbocycles. The van der Waals surface area contributed by atoms with Gasteiger partial charge in [0.15, 0.2) is 0 Å². The summed E-state index contributed by atoms with van der Waals surface area (Å²) < 4.78 is 5.36. The van der Waals surface area contributed by atoms with Gasteiger partial charge in [0.1, 0.15) is 11.4 Å². The number of ether oxygens (including phenoxy) is 1. The smallest absolute Gasteiger partial charge is 0.284 e. The summed E-state index contributed by atoms with van der Waals surface area (Å²) in [5.41, 5.74) is 1.31. The molecule has 1 saturated heterocycles. The molecule has 0 aliphatic carbocycles. The topological polar surface area (TPSA) is 105 Å². The van der Waals surface area contributed by atoms with Crippen LogP contribution in [0.2, 0.25) is 0 Å². The highest BCUT2D eigenvalue weighted by Gasteiger charge is 2.42. The number of anilines is 2. The van der Waals surface area contributed by atoms with Crippen LogP contribution in [0.25, 0.3) is 0 Å². The number of imide groups is 1. The lowest BCUT2D eigenvalue weighted by Gasteiger charge is -2.29. The highest BCUT2D eigenvalue weighted by molar-refractivity contribution is 6.33. The number of nitro groups is 1. The Hall–Kier alpha value is -3.72. The van der Waals surface area contributed by atoms with E-state index < -0.39 is 16.7 Å². The standard InChI is InChI=1S/C20H18N4O5/c25-19-17(21-14-4-2-1-3-5-14)18(22-10-12-29-13-11-22)20(26)23(19)15-6-8-16(9-7-15)24(27)28/h1-9,21H,10-13H2. The molecule has 9 heteroatoms. The second kappa shape index (κ2) is 7.72. The van der Waals surface area contributed by atoms with Crippen molar-refractivity contribution in [3.05, 3.63) is 76.1 Å². The van der Waals surface area contributed by atoms with Crippen molar-refractivity contribution in [2.24, 2.45) is 0 Å². The zero-order valence-corrected chi connectivity index (χ0v) is 15.4. The molecule has 4 rings (SSSR count). The summed E-state index contributed by atoms with van der Waals surface area (Å²) >= 11 is 0. The first-order chi connectivity index (χ1) is 14.1. The average Bonchev–Trinajstić information content (AvgIpc) is 2.99. The zero-order chi connectivity index (χ0) is 20.4. The lowest BCUT2D eigenvalue weighted by Crippen LogP contribution is -2.40. The van der Waals surface area contributed by atoms with E-state index in [0.717, 1.165) is 4.90 Å². The number of carbonyl (C=O) groups excluding carboxylic acids is 2. The van der Waals surface area contributed by atoms with Gasteiger partial charge < -0.3 is 15.0 Å². The number of nitrogens with zero attached hydrogens (tertiary/aromatic N) is 3. The van der Waals surface area contributed by atoms with Crippen LogP contribution in [-0.2, 0) is 14.3 Å². The Kier molecular flexibility index (Phi) is 4.96. The molecule has 2 aliphatic rings. The third-order valence-corrected chi connectivity index (χ3v) is 4.75. The number of non-ortho nitro benzene ring substituents is 1. The largest absolute Gasteiger partial charge is 0.378 e. The lowest BCUT2D eigenvalue weighted by atomic mass is 10.2. The van der Waals surface area contributed by atoms with Crippen molar-refractivity contribution in [2.75, 3.05) is 36.5 Å². The highest BCUT2D eigenvalue weighted by Crippen LogP contribution is 2.31. The van der Waals surface area contributed by atoms with Gasteiger partial charge in [0, 0.05) is 30.9 Å². The van der Waals surface area contributed by atoms with Crippen molar-refractivity contribution >= 4 is 28.9 Å². The van der Waals surface area contributed by atoms with E-state index in [1.807, 2.05) is 23.1 Å². The molecule has 2 aromatic carbocycles. The van der Waals surface area contributed by atoms with E-state index >= 15 is 0 Å². The van der Waals surface area contributed by atoms with Gasteiger partial charge in [-0.05, 0) is 24.3 Å². The number of hydrogen-bond acceptors (Lipinski definition) is 7. The minimum absolute atomic E-state index is 0.114. The van der Waals surface area contributed by atoms with Crippen molar-refractivity contribution in [3.8, 4) is 0 Å². The van der Waals surface area contributed by atoms with Gasteiger partial charge in [-0.1, -0.05) is 18.2 Å². The van der Waals surface area contributed by atoms with E-state index in [0.29, 0.717) is 32.0 Å². The molecule has 1 N–H and O–H groups in total. The highest BCUT2D eigenvalue weighted by atomic mass is 16.6. The van der Waals surface area contributed by atoms with Gasteiger partial charge in [0.2, 0.25) is 0 Å². The van der Waals surface area contributed by atoms with Gasteiger partial charge >= 0.3 is 0 Å². The second-order valence-electron chi connectivity index (χ2n) is 6.53. The fraction of sp³-hybridized carbons (Fsp3) is 0.200. The zero-order valence-electron chi connectivity index (χ0n) is 15.4. The molecule has 0 radical (unpaired) electrons. The van der Waals surface area contributed by atoms with Crippen molar-refractivity contribution in [2.45, 2.75) is 0 Å². The number of carbonyl (C=O) groups is 2. The van der Waals surface area contributed by atoms with E-state index in [-0.39, 0.29) is 22.8 Å². The molecule has 0 bridgehead atoms. The van der Waals surface area contributed by atoms with Crippen LogP contribution in [0.1, 0.15) is 0 Å². The number of morpholine rings is 1. The van der Waals surface area contributed by atoms with Crippen molar-refractivity contribution < 1.29 is 19.2 Å². The van der Waals surface area contributed by atoms with E-state index in [1.165, 1.54) is 24.3 Å². The molecule has 0 aromatic heterocycles. The number of para-hydroxylation sites is 1. The third-order valence-electron chi connectivity index (χ3n) is 4.75. The quantitative estimate of drug-likeness (QED) is 0.470. The van der Waals surface area contributed by atoms with Gasteiger partial charge in [-0.2, -0.15) is 0 Å². The molecule has 29 heavy (non-hydrogen) atoms. The van der Waals surface area contributed by atoms with Crippen LogP contribution in [0.3, 0.4) is 0 Å². The van der Waals surface area contributed by atoms with Gasteiger partial charge in [0.05, 0.1) is 23.8 Å². The Balaban J connectivity index is 1.71. The number of hydrogen-bond donors (Lipinski definition) is 1. The summed E-state index contributed by atoms with van der Waals surface area (Å²) in [5.74, 6) is -0.974. The predicted octanol–water partition coefficient (Wildman–Crippen LogP) is 2.12. The summed E-state index contributed by atoms with van der Waals surface area (Å²) in [4.78, 5) is 39.7. The Morgan fingerprint density at radius 1 is 0.931 bits per heavy atom. The minimum atomic E-state index is -0.531. The first-order valence-electron chi connectivity index (χ1n) is 9.08. The third kappa shape index (κ3) is 3.55. The van der Waals surface area contributed by atoms with Gasteiger partial charge in [0.25, 0.3) is 17.5 Å². The molecule has 0 spiro atoms. The summed E-state index contributed by atoms with van der Waals surface area (Å²) in [7, 11) is 0. The molecule has 2 heterocycles. The maximum absolute atomic E-state index is 13.2. The molecule has 2 aromatic rings. The Bertz CT molecular complexity index is 982. The molecule has 2 aliphatic heterocycles. The number of nitrogens with one attached hydrogen (secondary N) is 1. The summed E-state index contributed by atoms with van der Waals surface area (Å²) in [6.07, 6.45) is 0. The summed E-state index contributed by atoms with van der Waals surface area (Å²) in [6.45, 7) is 1.90. The molecule has 0 atom stereocenters. The summed E-state index contributed by atoms with van der Waals surface area (Å²) in [6, 6.07) is 14.4. The maximum atomic E-state index is 13.2. The summed E-state index contributed by atoms with van der Waals surface area (Å²) in [5, 5.41) is 14.0. The van der Waals surface area contributed by atoms with Crippen LogP contribution in [0.4, 0.5) is 17.1 Å². The van der Waals surface area contributed by atoms with E-state index in [9.17, 15) is 19.7 Å². The van der Waals surface area contributed by atoms with E-state index in [4.69, 9.17) is 4.74 Å². The van der Waals surface area contributed by atoms with Crippen LogP contribution in [0, 0.1) is 10.1 Å². The molecular weight excluding hydrogens is 376 g/mol. The fourth-order valence-corrected chi connectivity index (χ4v) is 3.33.